The van der Waals surface area contributed by atoms with E-state index in [9.17, 15) is 9.59 Å². The number of aromatic nitrogens is 2. The molecule has 0 radical (unpaired) electrons. The van der Waals surface area contributed by atoms with E-state index in [2.05, 4.69) is 11.9 Å². The zero-order chi connectivity index (χ0) is 11.5. The van der Waals surface area contributed by atoms with E-state index in [1.165, 1.54) is 22.4 Å². The summed E-state index contributed by atoms with van der Waals surface area (Å²) in [7, 11) is 0. The van der Waals surface area contributed by atoms with E-state index in [4.69, 9.17) is 0 Å². The van der Waals surface area contributed by atoms with Gasteiger partial charge in [0.2, 0.25) is 0 Å². The molecule has 1 N–H and O–H groups in total. The molecule has 82 valence electrons. The Morgan fingerprint density at radius 2 is 1.81 bits per heavy atom. The van der Waals surface area contributed by atoms with Gasteiger partial charge in [-0.15, -0.1) is 0 Å². The number of aryl methyl sites for hydroxylation is 1. The minimum atomic E-state index is -0.420. The Kier molecular flexibility index (Phi) is 2.72. The molecule has 4 nitrogen and oxygen atoms in total. The quantitative estimate of drug-likeness (QED) is 0.816. The Balaban J connectivity index is 2.50. The predicted molar refractivity (Wildman–Crippen MR) is 62.0 cm³/mol. The van der Waals surface area contributed by atoms with E-state index in [1.807, 2.05) is 24.3 Å². The van der Waals surface area contributed by atoms with Gasteiger partial charge in [0.1, 0.15) is 0 Å². The molecule has 0 saturated carbocycles. The summed E-state index contributed by atoms with van der Waals surface area (Å²) in [6, 6.07) is 8.98. The van der Waals surface area contributed by atoms with Crippen molar-refractivity contribution in [2.24, 2.45) is 0 Å². The minimum Gasteiger partial charge on any atom is -0.274 e. The molecule has 1 heterocycles. The molecular weight excluding hydrogens is 204 g/mol. The first kappa shape index (κ1) is 10.4. The molecule has 0 aliphatic carbocycles. The standard InChI is InChI=1S/C12H12N2O2/c1-2-9-3-5-10(6-4-9)14-8-7-11(15)13-12(14)16/h3-8H,2H2,1H3,(H,13,15,16). The van der Waals surface area contributed by atoms with Crippen LogP contribution in [0, 0.1) is 0 Å². The highest BCUT2D eigenvalue weighted by molar-refractivity contribution is 5.34. The first-order chi connectivity index (χ1) is 7.70. The smallest absolute Gasteiger partial charge is 0.274 e. The molecule has 0 atom stereocenters. The number of benzene rings is 1. The van der Waals surface area contributed by atoms with Crippen LogP contribution in [0.15, 0.2) is 46.1 Å². The highest BCUT2D eigenvalue weighted by Crippen LogP contribution is 2.07. The van der Waals surface area contributed by atoms with E-state index in [-0.39, 0.29) is 5.56 Å². The van der Waals surface area contributed by atoms with Gasteiger partial charge in [-0.25, -0.2) is 4.79 Å². The molecule has 0 aliphatic rings. The van der Waals surface area contributed by atoms with Gasteiger partial charge in [0, 0.05) is 12.3 Å². The molecule has 0 amide bonds. The molecule has 0 unspecified atom stereocenters. The minimum absolute atomic E-state index is 0.383. The number of hydrogen-bond donors (Lipinski definition) is 1. The van der Waals surface area contributed by atoms with E-state index >= 15 is 0 Å². The van der Waals surface area contributed by atoms with Crippen molar-refractivity contribution in [3.8, 4) is 5.69 Å². The van der Waals surface area contributed by atoms with E-state index in [0.717, 1.165) is 12.1 Å². The van der Waals surface area contributed by atoms with Gasteiger partial charge in [-0.1, -0.05) is 19.1 Å². The second-order valence-electron chi connectivity index (χ2n) is 3.50. The largest absolute Gasteiger partial charge is 0.332 e. The normalized spacial score (nSPS) is 10.3. The summed E-state index contributed by atoms with van der Waals surface area (Å²) in [6.45, 7) is 2.07. The Hall–Kier alpha value is -2.10. The molecule has 0 fully saturated rings. The van der Waals surface area contributed by atoms with Crippen LogP contribution >= 0.6 is 0 Å². The molecule has 2 rings (SSSR count). The van der Waals surface area contributed by atoms with Gasteiger partial charge in [0.25, 0.3) is 5.56 Å². The molecule has 0 spiro atoms. The van der Waals surface area contributed by atoms with Crippen LogP contribution in [-0.2, 0) is 6.42 Å². The SMILES string of the molecule is CCc1ccc(-n2ccc(=O)[nH]c2=O)cc1. The van der Waals surface area contributed by atoms with Gasteiger partial charge in [-0.05, 0) is 24.1 Å². The van der Waals surface area contributed by atoms with Crippen molar-refractivity contribution in [2.75, 3.05) is 0 Å². The van der Waals surface area contributed by atoms with Crippen LogP contribution < -0.4 is 11.2 Å². The second kappa shape index (κ2) is 4.18. The zero-order valence-corrected chi connectivity index (χ0v) is 8.93. The maximum Gasteiger partial charge on any atom is 0.332 e. The van der Waals surface area contributed by atoms with Gasteiger partial charge >= 0.3 is 5.69 Å². The summed E-state index contributed by atoms with van der Waals surface area (Å²) in [5, 5.41) is 0. The summed E-state index contributed by atoms with van der Waals surface area (Å²) >= 11 is 0. The van der Waals surface area contributed by atoms with Gasteiger partial charge in [0.15, 0.2) is 0 Å². The lowest BCUT2D eigenvalue weighted by atomic mass is 10.1. The number of nitrogens with zero attached hydrogens (tertiary/aromatic N) is 1. The third-order valence-corrected chi connectivity index (χ3v) is 2.45. The maximum absolute atomic E-state index is 11.5. The molecule has 2 aromatic rings. The number of rotatable bonds is 2. The molecule has 0 bridgehead atoms. The fraction of sp³-hybridized carbons (Fsp3) is 0.167. The first-order valence-electron chi connectivity index (χ1n) is 5.12. The van der Waals surface area contributed by atoms with Crippen molar-refractivity contribution >= 4 is 0 Å². The van der Waals surface area contributed by atoms with E-state index < -0.39 is 5.69 Å². The number of H-pyrrole nitrogens is 1. The molecule has 0 saturated heterocycles. The lowest BCUT2D eigenvalue weighted by Crippen LogP contribution is -2.27. The summed E-state index contributed by atoms with van der Waals surface area (Å²) < 4.78 is 1.40. The summed E-state index contributed by atoms with van der Waals surface area (Å²) in [5.41, 5.74) is 1.16. The summed E-state index contributed by atoms with van der Waals surface area (Å²) in [5.74, 6) is 0. The molecule has 4 heteroatoms. The Labute approximate surface area is 92.2 Å². The first-order valence-corrected chi connectivity index (χ1v) is 5.12. The number of hydrogen-bond acceptors (Lipinski definition) is 2. The second-order valence-corrected chi connectivity index (χ2v) is 3.50. The van der Waals surface area contributed by atoms with Crippen molar-refractivity contribution in [1.29, 1.82) is 0 Å². The third-order valence-electron chi connectivity index (χ3n) is 2.45. The number of aromatic amines is 1. The van der Waals surface area contributed by atoms with Crippen LogP contribution in [0.1, 0.15) is 12.5 Å². The monoisotopic (exact) mass is 216 g/mol. The summed E-state index contributed by atoms with van der Waals surface area (Å²) in [6.07, 6.45) is 2.43. The average Bonchev–Trinajstić information content (AvgIpc) is 2.29. The molecule has 1 aromatic heterocycles. The van der Waals surface area contributed by atoms with Gasteiger partial charge in [-0.2, -0.15) is 0 Å². The van der Waals surface area contributed by atoms with Crippen LogP contribution in [0.4, 0.5) is 0 Å². The van der Waals surface area contributed by atoms with Crippen LogP contribution in [0.5, 0.6) is 0 Å². The Bertz CT molecular complexity index is 593. The molecular formula is C12H12N2O2. The maximum atomic E-state index is 11.5. The van der Waals surface area contributed by atoms with Crippen molar-refractivity contribution in [1.82, 2.24) is 9.55 Å². The van der Waals surface area contributed by atoms with Crippen molar-refractivity contribution in [3.05, 3.63) is 62.9 Å². The van der Waals surface area contributed by atoms with Crippen LogP contribution in [-0.4, -0.2) is 9.55 Å². The highest BCUT2D eigenvalue weighted by Gasteiger charge is 1.99. The lowest BCUT2D eigenvalue weighted by Gasteiger charge is -2.04. The predicted octanol–water partition coefficient (Wildman–Crippen LogP) is 1.09. The van der Waals surface area contributed by atoms with Gasteiger partial charge < -0.3 is 0 Å². The van der Waals surface area contributed by atoms with E-state index in [0.29, 0.717) is 0 Å². The highest BCUT2D eigenvalue weighted by atomic mass is 16.2. The fourth-order valence-corrected chi connectivity index (χ4v) is 1.51. The molecule has 0 aliphatic heterocycles. The van der Waals surface area contributed by atoms with Crippen molar-refractivity contribution < 1.29 is 0 Å². The summed E-state index contributed by atoms with van der Waals surface area (Å²) in [4.78, 5) is 24.6. The fourth-order valence-electron chi connectivity index (χ4n) is 1.51. The van der Waals surface area contributed by atoms with Crippen molar-refractivity contribution in [2.45, 2.75) is 13.3 Å². The Morgan fingerprint density at radius 1 is 1.12 bits per heavy atom. The van der Waals surface area contributed by atoms with Crippen LogP contribution in [0.2, 0.25) is 0 Å². The van der Waals surface area contributed by atoms with E-state index in [1.54, 1.807) is 0 Å². The van der Waals surface area contributed by atoms with Gasteiger partial charge in [-0.3, -0.25) is 14.3 Å². The van der Waals surface area contributed by atoms with Crippen LogP contribution in [0.25, 0.3) is 5.69 Å². The average molecular weight is 216 g/mol. The number of nitrogens with one attached hydrogen (secondary N) is 1. The van der Waals surface area contributed by atoms with Gasteiger partial charge in [0.05, 0.1) is 5.69 Å². The molecule has 1 aromatic carbocycles. The van der Waals surface area contributed by atoms with Crippen molar-refractivity contribution in [3.63, 3.8) is 0 Å². The van der Waals surface area contributed by atoms with Crippen LogP contribution in [0.3, 0.4) is 0 Å². The zero-order valence-electron chi connectivity index (χ0n) is 8.93. The lowest BCUT2D eigenvalue weighted by molar-refractivity contribution is 0.895. The molecule has 16 heavy (non-hydrogen) atoms. The topological polar surface area (TPSA) is 54.9 Å². The third kappa shape index (κ3) is 1.95. The Morgan fingerprint density at radius 3 is 2.38 bits per heavy atom.